The van der Waals surface area contributed by atoms with E-state index in [1.807, 2.05) is 0 Å². The first kappa shape index (κ1) is 13.3. The van der Waals surface area contributed by atoms with Crippen LogP contribution < -0.4 is 5.32 Å². The highest BCUT2D eigenvalue weighted by Crippen LogP contribution is 2.40. The van der Waals surface area contributed by atoms with Gasteiger partial charge in [0.25, 0.3) is 0 Å². The molecule has 0 amide bonds. The standard InChI is InChI=1S/C10H17NO2S.ClH/c1-8(12)14-5-9-4-11-6-10(9)2-3-13-7-10;/h9,11H,2-7H2,1H3;1H. The summed E-state index contributed by atoms with van der Waals surface area (Å²) in [7, 11) is 0. The highest BCUT2D eigenvalue weighted by molar-refractivity contribution is 8.13. The first-order chi connectivity index (χ1) is 6.73. The van der Waals surface area contributed by atoms with Crippen molar-refractivity contribution in [1.29, 1.82) is 0 Å². The SMILES string of the molecule is CC(=O)SCC1CNCC12CCOC2.Cl. The Balaban J connectivity index is 0.00000112. The van der Waals surface area contributed by atoms with Crippen LogP contribution in [-0.2, 0) is 9.53 Å². The maximum absolute atomic E-state index is 10.9. The molecule has 88 valence electrons. The smallest absolute Gasteiger partial charge is 0.185 e. The fourth-order valence-corrected chi connectivity index (χ4v) is 3.30. The number of thioether (sulfide) groups is 1. The van der Waals surface area contributed by atoms with Gasteiger partial charge in [-0.3, -0.25) is 4.79 Å². The Morgan fingerprint density at radius 2 is 2.47 bits per heavy atom. The number of nitrogens with one attached hydrogen (secondary N) is 1. The Morgan fingerprint density at radius 3 is 3.07 bits per heavy atom. The van der Waals surface area contributed by atoms with E-state index in [4.69, 9.17) is 4.74 Å². The molecular weight excluding hydrogens is 234 g/mol. The van der Waals surface area contributed by atoms with Crippen LogP contribution in [0.2, 0.25) is 0 Å². The predicted octanol–water partition coefficient (Wildman–Crippen LogP) is 1.31. The average molecular weight is 252 g/mol. The maximum atomic E-state index is 10.9. The first-order valence-electron chi connectivity index (χ1n) is 5.15. The summed E-state index contributed by atoms with van der Waals surface area (Å²) in [6.45, 7) is 5.52. The second-order valence-electron chi connectivity index (χ2n) is 4.30. The van der Waals surface area contributed by atoms with Crippen molar-refractivity contribution in [3.63, 3.8) is 0 Å². The largest absolute Gasteiger partial charge is 0.381 e. The van der Waals surface area contributed by atoms with E-state index >= 15 is 0 Å². The molecule has 2 aliphatic rings. The molecule has 0 radical (unpaired) electrons. The van der Waals surface area contributed by atoms with Gasteiger partial charge in [-0.15, -0.1) is 12.4 Å². The van der Waals surface area contributed by atoms with Crippen molar-refractivity contribution >= 4 is 29.3 Å². The van der Waals surface area contributed by atoms with Crippen LogP contribution in [0.5, 0.6) is 0 Å². The van der Waals surface area contributed by atoms with Gasteiger partial charge in [0.15, 0.2) is 5.12 Å². The van der Waals surface area contributed by atoms with E-state index in [1.54, 1.807) is 6.92 Å². The number of rotatable bonds is 2. The van der Waals surface area contributed by atoms with Gasteiger partial charge in [0.1, 0.15) is 0 Å². The van der Waals surface area contributed by atoms with Gasteiger partial charge in [-0.1, -0.05) is 11.8 Å². The molecule has 0 aliphatic carbocycles. The molecule has 0 aromatic rings. The molecule has 2 unspecified atom stereocenters. The van der Waals surface area contributed by atoms with Gasteiger partial charge in [0.05, 0.1) is 6.61 Å². The molecule has 0 aromatic carbocycles. The zero-order valence-corrected chi connectivity index (χ0v) is 10.6. The normalized spacial score (nSPS) is 34.3. The topological polar surface area (TPSA) is 38.3 Å². The second-order valence-corrected chi connectivity index (χ2v) is 5.49. The van der Waals surface area contributed by atoms with Gasteiger partial charge in [-0.2, -0.15) is 0 Å². The zero-order valence-electron chi connectivity index (χ0n) is 8.95. The third kappa shape index (κ3) is 2.87. The van der Waals surface area contributed by atoms with Gasteiger partial charge in [-0.25, -0.2) is 0 Å². The summed E-state index contributed by atoms with van der Waals surface area (Å²) in [5, 5.41) is 3.65. The van der Waals surface area contributed by atoms with Gasteiger partial charge < -0.3 is 10.1 Å². The number of halogens is 1. The molecule has 1 spiro atoms. The van der Waals surface area contributed by atoms with Gasteiger partial charge in [0.2, 0.25) is 0 Å². The Hall–Kier alpha value is 0.230. The van der Waals surface area contributed by atoms with Crippen LogP contribution in [0.15, 0.2) is 0 Å². The summed E-state index contributed by atoms with van der Waals surface area (Å²) in [6.07, 6.45) is 1.16. The molecule has 2 rings (SSSR count). The van der Waals surface area contributed by atoms with Crippen molar-refractivity contribution < 1.29 is 9.53 Å². The highest BCUT2D eigenvalue weighted by atomic mass is 35.5. The Kier molecular flexibility index (Phi) is 4.90. The van der Waals surface area contributed by atoms with Gasteiger partial charge in [0, 0.05) is 31.2 Å². The van der Waals surface area contributed by atoms with Gasteiger partial charge >= 0.3 is 0 Å². The van der Waals surface area contributed by atoms with E-state index in [0.29, 0.717) is 11.3 Å². The maximum Gasteiger partial charge on any atom is 0.185 e. The Labute approximate surface area is 101 Å². The number of ether oxygens (including phenoxy) is 1. The molecular formula is C10H18ClNO2S. The third-order valence-electron chi connectivity index (χ3n) is 3.36. The molecule has 0 bridgehead atoms. The van der Waals surface area contributed by atoms with E-state index in [0.717, 1.165) is 38.5 Å². The minimum atomic E-state index is 0. The summed E-state index contributed by atoms with van der Waals surface area (Å²) < 4.78 is 5.49. The van der Waals surface area contributed by atoms with Crippen molar-refractivity contribution in [2.24, 2.45) is 11.3 Å². The van der Waals surface area contributed by atoms with E-state index in [-0.39, 0.29) is 17.5 Å². The van der Waals surface area contributed by atoms with Crippen molar-refractivity contribution in [1.82, 2.24) is 5.32 Å². The molecule has 0 aromatic heterocycles. The van der Waals surface area contributed by atoms with Gasteiger partial charge in [-0.05, 0) is 18.9 Å². The third-order valence-corrected chi connectivity index (χ3v) is 4.33. The second kappa shape index (κ2) is 5.53. The molecule has 2 aliphatic heterocycles. The van der Waals surface area contributed by atoms with E-state index in [2.05, 4.69) is 5.32 Å². The first-order valence-corrected chi connectivity index (χ1v) is 6.13. The minimum Gasteiger partial charge on any atom is -0.381 e. The lowest BCUT2D eigenvalue weighted by atomic mass is 9.78. The lowest BCUT2D eigenvalue weighted by molar-refractivity contribution is -0.109. The van der Waals surface area contributed by atoms with E-state index < -0.39 is 0 Å². The predicted molar refractivity (Wildman–Crippen MR) is 64.6 cm³/mol. The average Bonchev–Trinajstić information content (AvgIpc) is 2.74. The quantitative estimate of drug-likeness (QED) is 0.803. The molecule has 0 saturated carbocycles. The van der Waals surface area contributed by atoms with Crippen LogP contribution in [0.25, 0.3) is 0 Å². The number of hydrogen-bond acceptors (Lipinski definition) is 4. The molecule has 2 atom stereocenters. The summed E-state index contributed by atoms with van der Waals surface area (Å²) in [6, 6.07) is 0. The summed E-state index contributed by atoms with van der Waals surface area (Å²) in [5.74, 6) is 1.56. The van der Waals surface area contributed by atoms with Crippen LogP contribution in [0.4, 0.5) is 0 Å². The zero-order chi connectivity index (χ0) is 10.0. The summed E-state index contributed by atoms with van der Waals surface area (Å²) in [4.78, 5) is 10.9. The molecule has 2 heterocycles. The Morgan fingerprint density at radius 1 is 1.67 bits per heavy atom. The molecule has 15 heavy (non-hydrogen) atoms. The van der Waals surface area contributed by atoms with Crippen LogP contribution in [0, 0.1) is 11.3 Å². The lowest BCUT2D eigenvalue weighted by Crippen LogP contribution is -2.32. The van der Waals surface area contributed by atoms with Crippen molar-refractivity contribution in [3.05, 3.63) is 0 Å². The molecule has 2 fully saturated rings. The minimum absolute atomic E-state index is 0. The van der Waals surface area contributed by atoms with Crippen LogP contribution >= 0.6 is 24.2 Å². The summed E-state index contributed by atoms with van der Waals surface area (Å²) in [5.41, 5.74) is 0.336. The van der Waals surface area contributed by atoms with Crippen molar-refractivity contribution in [2.45, 2.75) is 13.3 Å². The number of carbonyl (C=O) groups excluding carboxylic acids is 1. The van der Waals surface area contributed by atoms with Crippen molar-refractivity contribution in [3.8, 4) is 0 Å². The fraction of sp³-hybridized carbons (Fsp3) is 0.900. The van der Waals surface area contributed by atoms with E-state index in [9.17, 15) is 4.79 Å². The van der Waals surface area contributed by atoms with Crippen LogP contribution in [0.3, 0.4) is 0 Å². The van der Waals surface area contributed by atoms with Crippen LogP contribution in [-0.4, -0.2) is 37.2 Å². The van der Waals surface area contributed by atoms with Crippen LogP contribution in [0.1, 0.15) is 13.3 Å². The molecule has 1 N–H and O–H groups in total. The van der Waals surface area contributed by atoms with E-state index in [1.165, 1.54) is 11.8 Å². The Bertz CT molecular complexity index is 226. The molecule has 5 heteroatoms. The monoisotopic (exact) mass is 251 g/mol. The highest BCUT2D eigenvalue weighted by Gasteiger charge is 2.45. The molecule has 3 nitrogen and oxygen atoms in total. The molecule has 2 saturated heterocycles. The summed E-state index contributed by atoms with van der Waals surface area (Å²) >= 11 is 1.45. The van der Waals surface area contributed by atoms with Crippen molar-refractivity contribution in [2.75, 3.05) is 32.1 Å². The lowest BCUT2D eigenvalue weighted by Gasteiger charge is -2.27. The fourth-order valence-electron chi connectivity index (χ4n) is 2.39. The number of carbonyl (C=O) groups is 1. The number of hydrogen-bond donors (Lipinski definition) is 1.